The third-order valence-electron chi connectivity index (χ3n) is 10.2. The Balaban J connectivity index is 1.04. The first-order valence-corrected chi connectivity index (χ1v) is 18.2. The summed E-state index contributed by atoms with van der Waals surface area (Å²) in [6.07, 6.45) is -1.35. The lowest BCUT2D eigenvalue weighted by atomic mass is 9.98. The molecule has 54 heavy (non-hydrogen) atoms. The Morgan fingerprint density at radius 3 is 2.28 bits per heavy atom. The lowest BCUT2D eigenvalue weighted by Gasteiger charge is -2.40. The van der Waals surface area contributed by atoms with Crippen LogP contribution in [0.4, 0.5) is 19.1 Å². The fraction of sp³-hybridized carbons (Fsp3) is 0.400. The molecule has 3 fully saturated rings. The van der Waals surface area contributed by atoms with E-state index >= 15 is 0 Å². The fourth-order valence-electron chi connectivity index (χ4n) is 7.38. The summed E-state index contributed by atoms with van der Waals surface area (Å²) in [5, 5.41) is 12.3. The number of hydrogen-bond acceptors (Lipinski definition) is 9. The maximum atomic E-state index is 13.1. The Kier molecular flexibility index (Phi) is 11.5. The second-order valence-corrected chi connectivity index (χ2v) is 13.9. The number of rotatable bonds is 10. The summed E-state index contributed by atoms with van der Waals surface area (Å²) in [7, 11) is 0. The summed E-state index contributed by atoms with van der Waals surface area (Å²) < 4.78 is 52.6. The molecular weight excluding hydrogens is 701 g/mol. The minimum absolute atomic E-state index is 0.0391. The van der Waals surface area contributed by atoms with Gasteiger partial charge in [-0.05, 0) is 58.9 Å². The minimum atomic E-state index is -5.03. The number of aromatic nitrogens is 2. The van der Waals surface area contributed by atoms with Crippen molar-refractivity contribution in [2.24, 2.45) is 0 Å². The maximum Gasteiger partial charge on any atom is 0.471 e. The van der Waals surface area contributed by atoms with Gasteiger partial charge in [0.1, 0.15) is 6.04 Å². The van der Waals surface area contributed by atoms with E-state index in [1.165, 1.54) is 0 Å². The number of piperazine rings is 1. The van der Waals surface area contributed by atoms with E-state index in [1.807, 2.05) is 78.9 Å². The molecular formula is C40H43F3N6O5. The minimum Gasteiger partial charge on any atom is -0.392 e. The molecule has 11 nitrogen and oxygen atoms in total. The summed E-state index contributed by atoms with van der Waals surface area (Å²) in [4.78, 5) is 38.8. The number of carbonyl (C=O) groups is 2. The van der Waals surface area contributed by atoms with Crippen molar-refractivity contribution in [1.29, 1.82) is 0 Å². The third kappa shape index (κ3) is 8.90. The van der Waals surface area contributed by atoms with Crippen molar-refractivity contribution in [2.45, 2.75) is 63.1 Å². The summed E-state index contributed by atoms with van der Waals surface area (Å²) in [5.74, 6) is -1.85. The van der Waals surface area contributed by atoms with Gasteiger partial charge in [-0.25, -0.2) is 9.97 Å². The van der Waals surface area contributed by atoms with Gasteiger partial charge in [-0.2, -0.15) is 13.2 Å². The van der Waals surface area contributed by atoms with Crippen LogP contribution in [0.25, 0.3) is 11.1 Å². The molecule has 284 valence electrons. The Labute approximate surface area is 311 Å². The van der Waals surface area contributed by atoms with Gasteiger partial charge in [0.05, 0.1) is 18.8 Å². The standard InChI is InChI=1S/C40H43F3N6O5/c41-40(42,43)38(52)49-16-3-9-34(49)36(51)46-24-28-5-1-6-30(21-28)31-7-2-8-32(22-31)37-53-33(23-35(54-37)29-12-10-27(26-50)11-13-29)25-47-17-19-48(20-18-47)39-44-14-4-15-45-39/h1-2,4-8,10-15,21-22,33-35,37,50H,3,9,16-20,23-26H2,(H,46,51). The van der Waals surface area contributed by atoms with Crippen LogP contribution in [-0.4, -0.2) is 94.3 Å². The maximum absolute atomic E-state index is 13.1. The van der Waals surface area contributed by atoms with Gasteiger partial charge in [-0.15, -0.1) is 0 Å². The number of carbonyl (C=O) groups excluding carboxylic acids is 2. The number of aliphatic hydroxyl groups is 1. The number of hydrogen-bond donors (Lipinski definition) is 2. The highest BCUT2D eigenvalue weighted by Crippen LogP contribution is 2.39. The number of nitrogens with one attached hydrogen (secondary N) is 1. The number of aliphatic hydroxyl groups excluding tert-OH is 1. The zero-order valence-corrected chi connectivity index (χ0v) is 29.7. The van der Waals surface area contributed by atoms with Crippen LogP contribution in [0.2, 0.25) is 0 Å². The van der Waals surface area contributed by atoms with Gasteiger partial charge in [-0.3, -0.25) is 14.5 Å². The van der Waals surface area contributed by atoms with E-state index in [0.717, 1.165) is 72.1 Å². The summed E-state index contributed by atoms with van der Waals surface area (Å²) in [5.41, 5.74) is 5.21. The lowest BCUT2D eigenvalue weighted by Crippen LogP contribution is -2.50. The van der Waals surface area contributed by atoms with E-state index in [1.54, 1.807) is 12.4 Å². The van der Waals surface area contributed by atoms with Gasteiger partial charge in [-0.1, -0.05) is 60.7 Å². The Morgan fingerprint density at radius 2 is 1.56 bits per heavy atom. The van der Waals surface area contributed by atoms with Gasteiger partial charge in [0, 0.05) is 70.2 Å². The number of halogens is 3. The number of likely N-dealkylation sites (tertiary alicyclic amines) is 1. The number of amides is 2. The second-order valence-electron chi connectivity index (χ2n) is 13.9. The molecule has 14 heteroatoms. The average molecular weight is 745 g/mol. The molecule has 0 aliphatic carbocycles. The van der Waals surface area contributed by atoms with Gasteiger partial charge in [0.15, 0.2) is 6.29 Å². The highest BCUT2D eigenvalue weighted by atomic mass is 19.4. The van der Waals surface area contributed by atoms with Gasteiger partial charge in [0.2, 0.25) is 11.9 Å². The molecule has 4 aromatic rings. The van der Waals surface area contributed by atoms with Crippen LogP contribution in [0, 0.1) is 0 Å². The van der Waals surface area contributed by atoms with Gasteiger partial charge >= 0.3 is 12.1 Å². The quantitative estimate of drug-likeness (QED) is 0.227. The van der Waals surface area contributed by atoms with Crippen LogP contribution < -0.4 is 10.2 Å². The average Bonchev–Trinajstić information content (AvgIpc) is 3.70. The summed E-state index contributed by atoms with van der Waals surface area (Å²) >= 11 is 0. The molecule has 0 saturated carbocycles. The molecule has 0 spiro atoms. The monoisotopic (exact) mass is 744 g/mol. The van der Waals surface area contributed by atoms with E-state index in [-0.39, 0.29) is 38.3 Å². The predicted molar refractivity (Wildman–Crippen MR) is 194 cm³/mol. The molecule has 3 saturated heterocycles. The van der Waals surface area contributed by atoms with Crippen molar-refractivity contribution in [3.63, 3.8) is 0 Å². The number of anilines is 1. The van der Waals surface area contributed by atoms with E-state index in [2.05, 4.69) is 25.1 Å². The number of alkyl halides is 3. The third-order valence-corrected chi connectivity index (χ3v) is 10.2. The molecule has 0 radical (unpaired) electrons. The molecule has 4 atom stereocenters. The number of benzene rings is 3. The first kappa shape index (κ1) is 37.4. The Bertz CT molecular complexity index is 1890. The molecule has 3 aromatic carbocycles. The van der Waals surface area contributed by atoms with E-state index < -0.39 is 30.3 Å². The topological polar surface area (TPSA) is 120 Å². The molecule has 0 bridgehead atoms. The second kappa shape index (κ2) is 16.6. The van der Waals surface area contributed by atoms with Crippen molar-refractivity contribution >= 4 is 17.8 Å². The first-order valence-electron chi connectivity index (χ1n) is 18.2. The molecule has 2 amide bonds. The van der Waals surface area contributed by atoms with Crippen LogP contribution in [0.3, 0.4) is 0 Å². The zero-order valence-electron chi connectivity index (χ0n) is 29.7. The zero-order chi connectivity index (χ0) is 37.7. The SMILES string of the molecule is O=C(NCc1cccc(-c2cccc(C3OC(CN4CCN(c5ncccn5)CC4)CC(c4ccc(CO)cc4)O3)c2)c1)C1CCCN1C(=O)C(F)(F)F. The molecule has 2 N–H and O–H groups in total. The number of ether oxygens (including phenoxy) is 2. The van der Waals surface area contributed by atoms with Crippen LogP contribution in [0.5, 0.6) is 0 Å². The normalized spacial score (nSPS) is 22.3. The van der Waals surface area contributed by atoms with Crippen LogP contribution in [-0.2, 0) is 32.2 Å². The smallest absolute Gasteiger partial charge is 0.392 e. The van der Waals surface area contributed by atoms with Crippen molar-refractivity contribution in [3.05, 3.63) is 114 Å². The first-order chi connectivity index (χ1) is 26.1. The van der Waals surface area contributed by atoms with E-state index in [4.69, 9.17) is 9.47 Å². The van der Waals surface area contributed by atoms with Crippen LogP contribution in [0.1, 0.15) is 53.9 Å². The highest BCUT2D eigenvalue weighted by Gasteiger charge is 2.47. The molecule has 3 aliphatic heterocycles. The molecule has 4 heterocycles. The van der Waals surface area contributed by atoms with E-state index in [0.29, 0.717) is 17.7 Å². The van der Waals surface area contributed by atoms with Crippen molar-refractivity contribution < 1.29 is 37.3 Å². The Morgan fingerprint density at radius 1 is 0.833 bits per heavy atom. The lowest BCUT2D eigenvalue weighted by molar-refractivity contribution is -0.253. The molecule has 4 unspecified atom stereocenters. The van der Waals surface area contributed by atoms with Crippen molar-refractivity contribution in [3.8, 4) is 11.1 Å². The fourth-order valence-corrected chi connectivity index (χ4v) is 7.38. The molecule has 3 aliphatic rings. The molecule has 7 rings (SSSR count). The van der Waals surface area contributed by atoms with E-state index in [9.17, 15) is 27.9 Å². The summed E-state index contributed by atoms with van der Waals surface area (Å²) in [6, 6.07) is 23.9. The largest absolute Gasteiger partial charge is 0.471 e. The van der Waals surface area contributed by atoms with Gasteiger partial charge in [0.25, 0.3) is 0 Å². The summed E-state index contributed by atoms with van der Waals surface area (Å²) in [6.45, 7) is 3.99. The van der Waals surface area contributed by atoms with Crippen molar-refractivity contribution in [1.82, 2.24) is 25.1 Å². The highest BCUT2D eigenvalue weighted by molar-refractivity contribution is 5.90. The predicted octanol–water partition coefficient (Wildman–Crippen LogP) is 5.17. The number of nitrogens with zero attached hydrogens (tertiary/aromatic N) is 5. The van der Waals surface area contributed by atoms with Gasteiger partial charge < -0.3 is 29.7 Å². The van der Waals surface area contributed by atoms with Crippen LogP contribution >= 0.6 is 0 Å². The Hall–Kier alpha value is -4.89. The molecule has 1 aromatic heterocycles. The van der Waals surface area contributed by atoms with Crippen LogP contribution in [0.15, 0.2) is 91.3 Å². The van der Waals surface area contributed by atoms with Crippen molar-refractivity contribution in [2.75, 3.05) is 44.2 Å².